The predicted molar refractivity (Wildman–Crippen MR) is 82.2 cm³/mol. The van der Waals surface area contributed by atoms with Crippen LogP contribution in [0.25, 0.3) is 0 Å². The van der Waals surface area contributed by atoms with E-state index in [0.29, 0.717) is 0 Å². The van der Waals surface area contributed by atoms with E-state index in [2.05, 4.69) is 47.0 Å². The summed E-state index contributed by atoms with van der Waals surface area (Å²) in [7, 11) is 0. The van der Waals surface area contributed by atoms with Crippen molar-refractivity contribution in [2.75, 3.05) is 5.32 Å². The Morgan fingerprint density at radius 2 is 1.89 bits per heavy atom. The number of anilines is 1. The molecule has 0 saturated carbocycles. The van der Waals surface area contributed by atoms with Crippen LogP contribution in [0.1, 0.15) is 24.9 Å². The second-order valence-electron chi connectivity index (χ2n) is 4.17. The molecule has 0 bridgehead atoms. The lowest BCUT2D eigenvalue weighted by atomic mass is 10.0. The van der Waals surface area contributed by atoms with Crippen molar-refractivity contribution in [2.24, 2.45) is 0 Å². The Morgan fingerprint density at radius 1 is 1.17 bits per heavy atom. The van der Waals surface area contributed by atoms with E-state index < -0.39 is 0 Å². The molecule has 0 aliphatic heterocycles. The van der Waals surface area contributed by atoms with E-state index in [1.807, 2.05) is 18.2 Å². The molecule has 0 radical (unpaired) electrons. The van der Waals surface area contributed by atoms with Crippen LogP contribution in [0, 0.1) is 9.39 Å². The number of hydrogen-bond acceptors (Lipinski definition) is 1. The second kappa shape index (κ2) is 6.18. The van der Waals surface area contributed by atoms with Crippen LogP contribution in [-0.2, 0) is 0 Å². The van der Waals surface area contributed by atoms with Crippen LogP contribution in [-0.4, -0.2) is 0 Å². The first kappa shape index (κ1) is 13.3. The van der Waals surface area contributed by atoms with E-state index in [-0.39, 0.29) is 11.9 Å². The van der Waals surface area contributed by atoms with Gasteiger partial charge in [0, 0.05) is 9.26 Å². The number of hydrogen-bond donors (Lipinski definition) is 1. The monoisotopic (exact) mass is 355 g/mol. The van der Waals surface area contributed by atoms with E-state index in [0.717, 1.165) is 17.7 Å². The van der Waals surface area contributed by atoms with Crippen molar-refractivity contribution in [3.8, 4) is 0 Å². The van der Waals surface area contributed by atoms with Gasteiger partial charge in [-0.25, -0.2) is 4.39 Å². The number of halogens is 2. The van der Waals surface area contributed by atoms with Crippen molar-refractivity contribution in [3.63, 3.8) is 0 Å². The van der Waals surface area contributed by atoms with Gasteiger partial charge in [-0.3, -0.25) is 0 Å². The lowest BCUT2D eigenvalue weighted by molar-refractivity contribution is 0.621. The molecular weight excluding hydrogens is 340 g/mol. The van der Waals surface area contributed by atoms with Crippen LogP contribution in [0.3, 0.4) is 0 Å². The third-order valence-electron chi connectivity index (χ3n) is 2.84. The fourth-order valence-electron chi connectivity index (χ4n) is 1.89. The zero-order valence-electron chi connectivity index (χ0n) is 10.2. The van der Waals surface area contributed by atoms with Crippen molar-refractivity contribution < 1.29 is 4.39 Å². The summed E-state index contributed by atoms with van der Waals surface area (Å²) < 4.78 is 14.4. The molecule has 0 spiro atoms. The Bertz CT molecular complexity index is 510. The summed E-state index contributed by atoms with van der Waals surface area (Å²) in [6.07, 6.45) is 0.912. The molecule has 0 aromatic heterocycles. The molecule has 1 unspecified atom stereocenters. The summed E-state index contributed by atoms with van der Waals surface area (Å²) in [5.74, 6) is -0.185. The first-order valence-electron chi connectivity index (χ1n) is 5.96. The molecule has 3 heteroatoms. The maximum atomic E-state index is 13.2. The lowest BCUT2D eigenvalue weighted by Gasteiger charge is -2.19. The molecule has 0 fully saturated rings. The van der Waals surface area contributed by atoms with E-state index >= 15 is 0 Å². The van der Waals surface area contributed by atoms with Crippen LogP contribution in [0.5, 0.6) is 0 Å². The minimum atomic E-state index is -0.185. The SMILES string of the molecule is CCC(Nc1ccc(I)cc1)c1cccc(F)c1. The summed E-state index contributed by atoms with van der Waals surface area (Å²) in [6.45, 7) is 2.09. The van der Waals surface area contributed by atoms with Crippen LogP contribution >= 0.6 is 22.6 Å². The molecule has 18 heavy (non-hydrogen) atoms. The number of rotatable bonds is 4. The minimum absolute atomic E-state index is 0.140. The lowest BCUT2D eigenvalue weighted by Crippen LogP contribution is -2.09. The molecule has 2 aromatic carbocycles. The molecule has 0 heterocycles. The molecule has 2 aromatic rings. The molecule has 0 saturated heterocycles. The Labute approximate surface area is 121 Å². The van der Waals surface area contributed by atoms with Gasteiger partial charge >= 0.3 is 0 Å². The molecule has 0 aliphatic carbocycles. The maximum absolute atomic E-state index is 13.2. The third-order valence-corrected chi connectivity index (χ3v) is 3.56. The standard InChI is InChI=1S/C15H15FIN/c1-2-15(11-4-3-5-12(16)10-11)18-14-8-6-13(17)7-9-14/h3-10,15,18H,2H2,1H3. The zero-order chi connectivity index (χ0) is 13.0. The summed E-state index contributed by atoms with van der Waals surface area (Å²) in [6, 6.07) is 15.1. The fourth-order valence-corrected chi connectivity index (χ4v) is 2.25. The summed E-state index contributed by atoms with van der Waals surface area (Å²) >= 11 is 2.28. The van der Waals surface area contributed by atoms with Crippen LogP contribution in [0.4, 0.5) is 10.1 Å². The van der Waals surface area contributed by atoms with Gasteiger partial charge in [-0.15, -0.1) is 0 Å². The van der Waals surface area contributed by atoms with E-state index in [9.17, 15) is 4.39 Å². The summed E-state index contributed by atoms with van der Waals surface area (Å²) in [5, 5.41) is 3.43. The first-order valence-corrected chi connectivity index (χ1v) is 7.04. The van der Waals surface area contributed by atoms with E-state index in [1.54, 1.807) is 12.1 Å². The smallest absolute Gasteiger partial charge is 0.123 e. The molecule has 0 amide bonds. The van der Waals surface area contributed by atoms with Gasteiger partial charge in [-0.2, -0.15) is 0 Å². The molecule has 1 N–H and O–H groups in total. The van der Waals surface area contributed by atoms with E-state index in [4.69, 9.17) is 0 Å². The average molecular weight is 355 g/mol. The van der Waals surface area contributed by atoms with Crippen LogP contribution in [0.15, 0.2) is 48.5 Å². The first-order chi connectivity index (χ1) is 8.69. The zero-order valence-corrected chi connectivity index (χ0v) is 12.3. The highest BCUT2D eigenvalue weighted by molar-refractivity contribution is 14.1. The van der Waals surface area contributed by atoms with Crippen molar-refractivity contribution in [1.29, 1.82) is 0 Å². The van der Waals surface area contributed by atoms with E-state index in [1.165, 1.54) is 9.64 Å². The normalized spacial score (nSPS) is 12.2. The van der Waals surface area contributed by atoms with Gasteiger partial charge in [-0.1, -0.05) is 19.1 Å². The fraction of sp³-hybridized carbons (Fsp3) is 0.200. The van der Waals surface area contributed by atoms with Gasteiger partial charge in [0.15, 0.2) is 0 Å². The highest BCUT2D eigenvalue weighted by atomic mass is 127. The van der Waals surface area contributed by atoms with Gasteiger partial charge < -0.3 is 5.32 Å². The highest BCUT2D eigenvalue weighted by Gasteiger charge is 2.09. The van der Waals surface area contributed by atoms with Gasteiger partial charge in [-0.05, 0) is 71.0 Å². The predicted octanol–water partition coefficient (Wildman–Crippen LogP) is 4.99. The van der Waals surface area contributed by atoms with Crippen molar-refractivity contribution in [2.45, 2.75) is 19.4 Å². The van der Waals surface area contributed by atoms with Gasteiger partial charge in [0.2, 0.25) is 0 Å². The molecule has 1 atom stereocenters. The summed E-state index contributed by atoms with van der Waals surface area (Å²) in [5.41, 5.74) is 2.04. The van der Waals surface area contributed by atoms with Crippen LogP contribution in [0.2, 0.25) is 0 Å². The van der Waals surface area contributed by atoms with Crippen LogP contribution < -0.4 is 5.32 Å². The number of nitrogens with one attached hydrogen (secondary N) is 1. The van der Waals surface area contributed by atoms with Gasteiger partial charge in [0.05, 0.1) is 6.04 Å². The van der Waals surface area contributed by atoms with Crippen molar-refractivity contribution >= 4 is 28.3 Å². The van der Waals surface area contributed by atoms with Crippen molar-refractivity contribution in [1.82, 2.24) is 0 Å². The highest BCUT2D eigenvalue weighted by Crippen LogP contribution is 2.23. The van der Waals surface area contributed by atoms with Crippen molar-refractivity contribution in [3.05, 3.63) is 63.5 Å². The van der Waals surface area contributed by atoms with Gasteiger partial charge in [0.1, 0.15) is 5.82 Å². The van der Waals surface area contributed by atoms with Gasteiger partial charge in [0.25, 0.3) is 0 Å². The topological polar surface area (TPSA) is 12.0 Å². The molecular formula is C15H15FIN. The largest absolute Gasteiger partial charge is 0.378 e. The Kier molecular flexibility index (Phi) is 4.58. The molecule has 1 nitrogen and oxygen atoms in total. The summed E-state index contributed by atoms with van der Waals surface area (Å²) in [4.78, 5) is 0. The Balaban J connectivity index is 2.17. The molecule has 94 valence electrons. The minimum Gasteiger partial charge on any atom is -0.378 e. The number of benzene rings is 2. The third kappa shape index (κ3) is 3.45. The average Bonchev–Trinajstić information content (AvgIpc) is 2.38. The Hall–Kier alpha value is -1.10. The maximum Gasteiger partial charge on any atom is 0.123 e. The Morgan fingerprint density at radius 3 is 2.50 bits per heavy atom. The second-order valence-corrected chi connectivity index (χ2v) is 5.41. The quantitative estimate of drug-likeness (QED) is 0.762. The molecule has 2 rings (SSSR count). The molecule has 0 aliphatic rings.